The van der Waals surface area contributed by atoms with Gasteiger partial charge in [0.2, 0.25) is 0 Å². The topological polar surface area (TPSA) is 54.0 Å². The van der Waals surface area contributed by atoms with Crippen molar-refractivity contribution in [2.24, 2.45) is 0 Å². The van der Waals surface area contributed by atoms with Crippen molar-refractivity contribution in [1.29, 1.82) is 5.26 Å². The van der Waals surface area contributed by atoms with E-state index in [1.807, 2.05) is 12.1 Å². The molecule has 4 nitrogen and oxygen atoms in total. The van der Waals surface area contributed by atoms with Gasteiger partial charge in [-0.1, -0.05) is 23.8 Å². The quantitative estimate of drug-likeness (QED) is 0.511. The second kappa shape index (κ2) is 6.40. The molecule has 0 amide bonds. The molecule has 4 rings (SSSR count). The molecular formula is C21H18N4S. The van der Waals surface area contributed by atoms with Gasteiger partial charge in [-0.2, -0.15) is 5.26 Å². The Kier molecular flexibility index (Phi) is 4.06. The number of aryl methyl sites for hydroxylation is 3. The number of hydrogen-bond acceptors (Lipinski definition) is 4. The Morgan fingerprint density at radius 3 is 2.58 bits per heavy atom. The minimum atomic E-state index is 0.312. The molecule has 0 unspecified atom stereocenters. The number of nitriles is 1. The molecule has 0 atom stereocenters. The third kappa shape index (κ3) is 2.59. The first-order valence-electron chi connectivity index (χ1n) is 8.46. The lowest BCUT2D eigenvalue weighted by molar-refractivity contribution is 1.07. The Balaban J connectivity index is 2.04. The summed E-state index contributed by atoms with van der Waals surface area (Å²) in [5.41, 5.74) is 7.60. The highest BCUT2D eigenvalue weighted by atomic mass is 32.1. The number of benzene rings is 1. The summed E-state index contributed by atoms with van der Waals surface area (Å²) in [7, 11) is 0. The molecule has 1 aromatic carbocycles. The maximum atomic E-state index is 9.43. The number of pyridine rings is 1. The van der Waals surface area contributed by atoms with Gasteiger partial charge in [0.05, 0.1) is 29.6 Å². The van der Waals surface area contributed by atoms with Gasteiger partial charge < -0.3 is 0 Å². The predicted octanol–water partition coefficient (Wildman–Crippen LogP) is 5.12. The standard InChI is InChI=1S/C21H18N4S/c1-13-4-5-17(14(2)12-13)20-15(3)26-21-24-19(16-7-10-23-11-8-16)18(6-9-22)25(20)21/h4-5,7-8,10-12H,6H2,1-3H3. The van der Waals surface area contributed by atoms with Crippen LogP contribution in [-0.4, -0.2) is 14.4 Å². The molecule has 0 radical (unpaired) electrons. The maximum absolute atomic E-state index is 9.43. The van der Waals surface area contributed by atoms with Crippen LogP contribution >= 0.6 is 11.3 Å². The Bertz CT molecular complexity index is 1150. The van der Waals surface area contributed by atoms with E-state index >= 15 is 0 Å². The number of aromatic nitrogens is 3. The van der Waals surface area contributed by atoms with Gasteiger partial charge >= 0.3 is 0 Å². The van der Waals surface area contributed by atoms with E-state index in [0.717, 1.165) is 27.6 Å². The van der Waals surface area contributed by atoms with Crippen molar-refractivity contribution in [3.63, 3.8) is 0 Å². The molecule has 5 heteroatoms. The molecule has 0 saturated heterocycles. The molecule has 128 valence electrons. The average Bonchev–Trinajstić information content (AvgIpc) is 3.12. The van der Waals surface area contributed by atoms with Crippen LogP contribution in [0.25, 0.3) is 27.5 Å². The monoisotopic (exact) mass is 358 g/mol. The van der Waals surface area contributed by atoms with Crippen LogP contribution in [0.5, 0.6) is 0 Å². The third-order valence-electron chi connectivity index (χ3n) is 4.58. The largest absolute Gasteiger partial charge is 0.285 e. The van der Waals surface area contributed by atoms with Gasteiger partial charge in [-0.05, 0) is 38.5 Å². The minimum Gasteiger partial charge on any atom is -0.285 e. The number of hydrogen-bond donors (Lipinski definition) is 0. The van der Waals surface area contributed by atoms with Crippen molar-refractivity contribution in [2.75, 3.05) is 0 Å². The lowest BCUT2D eigenvalue weighted by Crippen LogP contribution is -1.97. The lowest BCUT2D eigenvalue weighted by Gasteiger charge is -2.10. The number of nitrogens with zero attached hydrogens (tertiary/aromatic N) is 4. The molecular weight excluding hydrogens is 340 g/mol. The van der Waals surface area contributed by atoms with Gasteiger partial charge in [0.25, 0.3) is 0 Å². The predicted molar refractivity (Wildman–Crippen MR) is 105 cm³/mol. The van der Waals surface area contributed by atoms with Gasteiger partial charge in [-0.25, -0.2) is 4.98 Å². The Hall–Kier alpha value is -2.97. The van der Waals surface area contributed by atoms with Gasteiger partial charge in [-0.15, -0.1) is 11.3 Å². The molecule has 3 aromatic heterocycles. The summed E-state index contributed by atoms with van der Waals surface area (Å²) in [6, 6.07) is 12.7. The first-order chi connectivity index (χ1) is 12.6. The van der Waals surface area contributed by atoms with Crippen LogP contribution in [0.4, 0.5) is 0 Å². The van der Waals surface area contributed by atoms with E-state index < -0.39 is 0 Å². The zero-order chi connectivity index (χ0) is 18.3. The number of fused-ring (bicyclic) bond motifs is 1. The lowest BCUT2D eigenvalue weighted by atomic mass is 10.0. The fraction of sp³-hybridized carbons (Fsp3) is 0.190. The van der Waals surface area contributed by atoms with Gasteiger partial charge in [0.1, 0.15) is 0 Å². The van der Waals surface area contributed by atoms with E-state index in [1.54, 1.807) is 23.7 Å². The van der Waals surface area contributed by atoms with E-state index in [4.69, 9.17) is 4.98 Å². The van der Waals surface area contributed by atoms with Crippen LogP contribution in [0.15, 0.2) is 42.7 Å². The summed E-state index contributed by atoms with van der Waals surface area (Å²) in [5, 5.41) is 9.43. The smallest absolute Gasteiger partial charge is 0.195 e. The van der Waals surface area contributed by atoms with Crippen molar-refractivity contribution in [3.05, 3.63) is 64.4 Å². The Morgan fingerprint density at radius 2 is 1.88 bits per heavy atom. The van der Waals surface area contributed by atoms with Gasteiger partial charge in [0.15, 0.2) is 4.96 Å². The van der Waals surface area contributed by atoms with Crippen LogP contribution in [0, 0.1) is 32.1 Å². The fourth-order valence-corrected chi connectivity index (χ4v) is 4.44. The van der Waals surface area contributed by atoms with E-state index in [0.29, 0.717) is 6.42 Å². The summed E-state index contributed by atoms with van der Waals surface area (Å²) in [5.74, 6) is 0. The molecule has 0 saturated carbocycles. The Morgan fingerprint density at radius 1 is 1.12 bits per heavy atom. The van der Waals surface area contributed by atoms with Crippen molar-refractivity contribution in [2.45, 2.75) is 27.2 Å². The second-order valence-electron chi connectivity index (χ2n) is 6.42. The van der Waals surface area contributed by atoms with Crippen LogP contribution in [-0.2, 0) is 6.42 Å². The molecule has 0 aliphatic carbocycles. The fourth-order valence-electron chi connectivity index (χ4n) is 3.44. The zero-order valence-electron chi connectivity index (χ0n) is 14.9. The molecule has 0 aliphatic rings. The summed E-state index contributed by atoms with van der Waals surface area (Å²) in [6.07, 6.45) is 3.83. The van der Waals surface area contributed by atoms with Crippen LogP contribution in [0.2, 0.25) is 0 Å². The molecule has 0 aliphatic heterocycles. The number of imidazole rings is 1. The minimum absolute atomic E-state index is 0.312. The Labute approximate surface area is 156 Å². The highest BCUT2D eigenvalue weighted by Gasteiger charge is 2.21. The average molecular weight is 358 g/mol. The summed E-state index contributed by atoms with van der Waals surface area (Å²) in [6.45, 7) is 6.36. The van der Waals surface area contributed by atoms with E-state index in [-0.39, 0.29) is 0 Å². The SMILES string of the molecule is Cc1ccc(-c2c(C)sc3nc(-c4ccncc4)c(CC#N)n23)c(C)c1. The highest BCUT2D eigenvalue weighted by molar-refractivity contribution is 7.17. The van der Waals surface area contributed by atoms with E-state index in [2.05, 4.69) is 54.4 Å². The first-order valence-corrected chi connectivity index (χ1v) is 9.27. The van der Waals surface area contributed by atoms with Crippen molar-refractivity contribution < 1.29 is 0 Å². The van der Waals surface area contributed by atoms with E-state index in [1.165, 1.54) is 21.6 Å². The molecule has 4 aromatic rings. The first kappa shape index (κ1) is 16.5. The maximum Gasteiger partial charge on any atom is 0.195 e. The van der Waals surface area contributed by atoms with E-state index in [9.17, 15) is 5.26 Å². The summed E-state index contributed by atoms with van der Waals surface area (Å²) in [4.78, 5) is 11.1. The molecule has 26 heavy (non-hydrogen) atoms. The van der Waals surface area contributed by atoms with Crippen LogP contribution in [0.1, 0.15) is 21.7 Å². The van der Waals surface area contributed by atoms with Crippen molar-refractivity contribution in [3.8, 4) is 28.6 Å². The third-order valence-corrected chi connectivity index (χ3v) is 5.54. The second-order valence-corrected chi connectivity index (χ2v) is 7.60. The number of thiazole rings is 1. The molecule has 0 fully saturated rings. The molecule has 0 spiro atoms. The highest BCUT2D eigenvalue weighted by Crippen LogP contribution is 2.37. The zero-order valence-corrected chi connectivity index (χ0v) is 15.8. The normalized spacial score (nSPS) is 11.0. The van der Waals surface area contributed by atoms with Gasteiger partial charge in [-0.3, -0.25) is 9.38 Å². The summed E-state index contributed by atoms with van der Waals surface area (Å²) >= 11 is 1.67. The van der Waals surface area contributed by atoms with Crippen molar-refractivity contribution >= 4 is 16.3 Å². The molecule has 0 N–H and O–H groups in total. The van der Waals surface area contributed by atoms with Crippen molar-refractivity contribution in [1.82, 2.24) is 14.4 Å². The van der Waals surface area contributed by atoms with Crippen LogP contribution in [0.3, 0.4) is 0 Å². The molecule has 0 bridgehead atoms. The van der Waals surface area contributed by atoms with Gasteiger partial charge in [0, 0.05) is 28.4 Å². The summed E-state index contributed by atoms with van der Waals surface area (Å²) < 4.78 is 2.16. The molecule has 3 heterocycles. The number of rotatable bonds is 3. The van der Waals surface area contributed by atoms with Crippen LogP contribution < -0.4 is 0 Å².